The Kier molecular flexibility index (Phi) is 60.0. The summed E-state index contributed by atoms with van der Waals surface area (Å²) in [6.45, 7) is 4.10. The van der Waals surface area contributed by atoms with Gasteiger partial charge in [0, 0.05) is 12.8 Å². The molecule has 0 aromatic rings. The van der Waals surface area contributed by atoms with Crippen molar-refractivity contribution in [2.75, 3.05) is 47.5 Å². The lowest BCUT2D eigenvalue weighted by Crippen LogP contribution is -2.37. The first-order valence-electron chi connectivity index (χ1n) is 32.8. The Hall–Kier alpha value is -5.41. The van der Waals surface area contributed by atoms with Gasteiger partial charge in [0.15, 0.2) is 6.10 Å². The molecule has 0 saturated carbocycles. The van der Waals surface area contributed by atoms with Crippen LogP contribution >= 0.6 is 7.82 Å². The average molecular weight is 1210 g/mol. The van der Waals surface area contributed by atoms with E-state index < -0.39 is 32.5 Å². The first-order chi connectivity index (χ1) is 42.0. The van der Waals surface area contributed by atoms with E-state index in [1.807, 2.05) is 21.1 Å². The zero-order valence-electron chi connectivity index (χ0n) is 54.4. The monoisotopic (exact) mass is 1200 g/mol. The Morgan fingerprint density at radius 1 is 0.360 bits per heavy atom. The summed E-state index contributed by atoms with van der Waals surface area (Å²) in [5, 5.41) is 0. The van der Waals surface area contributed by atoms with Gasteiger partial charge >= 0.3 is 19.8 Å². The highest BCUT2D eigenvalue weighted by Crippen LogP contribution is 2.43. The Labute approximate surface area is 525 Å². The van der Waals surface area contributed by atoms with Crippen LogP contribution in [0.4, 0.5) is 0 Å². The van der Waals surface area contributed by atoms with Crippen LogP contribution in [0, 0.1) is 0 Å². The Bertz CT molecular complexity index is 2200. The molecule has 0 rings (SSSR count). The molecule has 0 radical (unpaired) electrons. The number of hydrogen-bond acceptors (Lipinski definition) is 7. The molecule has 1 N–H and O–H groups in total. The normalized spacial score (nSPS) is 14.5. The number of esters is 2. The fourth-order valence-electron chi connectivity index (χ4n) is 7.84. The average Bonchev–Trinajstić information content (AvgIpc) is 3.56. The molecular weight excluding hydrogens is 1090 g/mol. The number of quaternary nitrogens is 1. The maximum absolute atomic E-state index is 12.9. The molecule has 0 saturated heterocycles. The molecule has 0 bridgehead atoms. The van der Waals surface area contributed by atoms with E-state index in [1.54, 1.807) is 0 Å². The summed E-state index contributed by atoms with van der Waals surface area (Å²) in [4.78, 5) is 35.8. The summed E-state index contributed by atoms with van der Waals surface area (Å²) in [5.41, 5.74) is 0. The third-order valence-electron chi connectivity index (χ3n) is 12.8. The minimum atomic E-state index is -4.42. The van der Waals surface area contributed by atoms with Crippen LogP contribution in [0.2, 0.25) is 0 Å². The van der Waals surface area contributed by atoms with E-state index in [-0.39, 0.29) is 26.1 Å². The molecule has 0 aliphatic carbocycles. The maximum Gasteiger partial charge on any atom is 0.472 e. The molecule has 0 heterocycles. The van der Waals surface area contributed by atoms with Gasteiger partial charge in [0.25, 0.3) is 0 Å². The zero-order valence-corrected chi connectivity index (χ0v) is 55.3. The zero-order chi connectivity index (χ0) is 62.6. The SMILES string of the molecule is CC/C=C\C/C=C\C/C=C\C/C=C\C/C=C\C/C=C\C/C=C\C/C=C\C/C=C\CCCCCCCCCC(=O)OC(COC(=O)CCCC/C=C\C/C=C\C/C=C\C/C=C\C/C=C\C/C=C\C/C=C\C/C=C\CC)COP(=O)(O)OCC[N+](C)(C)C. The third-order valence-corrected chi connectivity index (χ3v) is 13.8. The van der Waals surface area contributed by atoms with Gasteiger partial charge in [0.1, 0.15) is 19.8 Å². The smallest absolute Gasteiger partial charge is 0.462 e. The fraction of sp³-hybridized carbons (Fsp3) is 0.526. The van der Waals surface area contributed by atoms with Crippen molar-refractivity contribution in [3.8, 4) is 0 Å². The number of ether oxygens (including phenoxy) is 2. The standard InChI is InChI=1S/C76H118NO8P/c1-6-8-10-12-14-16-18-20-22-24-26-28-30-32-34-35-36-37-38-39-40-41-43-45-47-49-51-53-55-57-59-61-63-65-67-69-76(79)85-74(73-84-86(80,81)83-71-70-77(3,4)5)72-82-75(78)68-66-64-62-60-58-56-54-52-50-48-46-44-42-33-31-29-27-25-23-21-19-17-15-13-11-9-7-2/h8-11,14-17,20-23,26-29,32-34,36-37,39-40,42-43,45-46,48-49,51-52,54,58,60,74H,6-7,12-13,18-19,24-25,30-31,35,38,41,44,47,50,53,55-57,59,61-73H2,1-5H3/p+1/b10-8-,11-9-,16-14-,17-15-,22-20-,23-21-,28-26-,29-27-,34-32-,37-36-,40-39-,42-33-,45-43-,48-46-,51-49-,54-52-,60-58-. The molecule has 0 aromatic heterocycles. The van der Waals surface area contributed by atoms with E-state index >= 15 is 0 Å². The van der Waals surface area contributed by atoms with Gasteiger partial charge < -0.3 is 18.9 Å². The fourth-order valence-corrected chi connectivity index (χ4v) is 8.59. The van der Waals surface area contributed by atoms with E-state index in [4.69, 9.17) is 18.5 Å². The van der Waals surface area contributed by atoms with Crippen molar-refractivity contribution in [2.45, 2.75) is 213 Å². The predicted octanol–water partition coefficient (Wildman–Crippen LogP) is 21.5. The van der Waals surface area contributed by atoms with Crippen molar-refractivity contribution in [1.29, 1.82) is 0 Å². The topological polar surface area (TPSA) is 108 Å². The molecule has 2 unspecified atom stereocenters. The van der Waals surface area contributed by atoms with E-state index in [0.29, 0.717) is 23.9 Å². The maximum atomic E-state index is 12.9. The molecule has 0 amide bonds. The molecule has 0 aliphatic rings. The summed E-state index contributed by atoms with van der Waals surface area (Å²) in [7, 11) is 1.41. The van der Waals surface area contributed by atoms with Crippen LogP contribution < -0.4 is 0 Å². The molecular formula is C76H119NO8P+. The number of hydrogen-bond donors (Lipinski definition) is 1. The van der Waals surface area contributed by atoms with Crippen LogP contribution in [-0.4, -0.2) is 74.9 Å². The Morgan fingerprint density at radius 3 is 0.953 bits per heavy atom. The van der Waals surface area contributed by atoms with Gasteiger partial charge in [-0.1, -0.05) is 253 Å². The second kappa shape index (κ2) is 64.1. The third kappa shape index (κ3) is 67.7. The number of unbranched alkanes of at least 4 members (excludes halogenated alkanes) is 9. The number of phosphoric acid groups is 1. The largest absolute Gasteiger partial charge is 0.472 e. The molecule has 9 nitrogen and oxygen atoms in total. The Balaban J connectivity index is 4.29. The van der Waals surface area contributed by atoms with Crippen LogP contribution in [0.3, 0.4) is 0 Å². The van der Waals surface area contributed by atoms with E-state index in [9.17, 15) is 19.0 Å². The summed E-state index contributed by atoms with van der Waals surface area (Å²) >= 11 is 0. The molecule has 2 atom stereocenters. The number of likely N-dealkylation sites (N-methyl/N-ethyl adjacent to an activating group) is 1. The van der Waals surface area contributed by atoms with Gasteiger partial charge in [-0.05, 0) is 148 Å². The van der Waals surface area contributed by atoms with Gasteiger partial charge in [-0.15, -0.1) is 0 Å². The van der Waals surface area contributed by atoms with Crippen molar-refractivity contribution in [3.05, 3.63) is 207 Å². The van der Waals surface area contributed by atoms with Gasteiger partial charge in [-0.25, -0.2) is 4.57 Å². The van der Waals surface area contributed by atoms with E-state index in [2.05, 4.69) is 220 Å². The van der Waals surface area contributed by atoms with Gasteiger partial charge in [-0.2, -0.15) is 0 Å². The second-order valence-electron chi connectivity index (χ2n) is 22.0. The summed E-state index contributed by atoms with van der Waals surface area (Å²) < 4.78 is 34.6. The van der Waals surface area contributed by atoms with Crippen molar-refractivity contribution in [2.24, 2.45) is 0 Å². The number of carbonyl (C=O) groups is 2. The predicted molar refractivity (Wildman–Crippen MR) is 371 cm³/mol. The van der Waals surface area contributed by atoms with Gasteiger partial charge in [-0.3, -0.25) is 18.6 Å². The number of allylic oxidation sites excluding steroid dienone is 34. The number of carbonyl (C=O) groups excluding carboxylic acids is 2. The van der Waals surface area contributed by atoms with Crippen LogP contribution in [0.25, 0.3) is 0 Å². The van der Waals surface area contributed by atoms with Crippen LogP contribution in [0.15, 0.2) is 207 Å². The minimum absolute atomic E-state index is 0.00926. The molecule has 10 heteroatoms. The van der Waals surface area contributed by atoms with Crippen molar-refractivity contribution < 1.29 is 42.1 Å². The molecule has 0 fully saturated rings. The van der Waals surface area contributed by atoms with E-state index in [1.165, 1.54) is 12.8 Å². The lowest BCUT2D eigenvalue weighted by molar-refractivity contribution is -0.870. The lowest BCUT2D eigenvalue weighted by atomic mass is 10.1. The molecule has 86 heavy (non-hydrogen) atoms. The van der Waals surface area contributed by atoms with Crippen LogP contribution in [0.1, 0.15) is 206 Å². The van der Waals surface area contributed by atoms with Gasteiger partial charge in [0.2, 0.25) is 0 Å². The highest BCUT2D eigenvalue weighted by Gasteiger charge is 2.27. The van der Waals surface area contributed by atoms with Crippen molar-refractivity contribution >= 4 is 19.8 Å². The summed E-state index contributed by atoms with van der Waals surface area (Å²) in [6.07, 6.45) is 102. The van der Waals surface area contributed by atoms with Gasteiger partial charge in [0.05, 0.1) is 27.7 Å². The highest BCUT2D eigenvalue weighted by molar-refractivity contribution is 7.47. The van der Waals surface area contributed by atoms with E-state index in [0.717, 1.165) is 154 Å². The van der Waals surface area contributed by atoms with Crippen molar-refractivity contribution in [3.63, 3.8) is 0 Å². The lowest BCUT2D eigenvalue weighted by Gasteiger charge is -2.24. The highest BCUT2D eigenvalue weighted by atomic mass is 31.2. The summed E-state index contributed by atoms with van der Waals surface area (Å²) in [5.74, 6) is -0.881. The van der Waals surface area contributed by atoms with Crippen LogP contribution in [0.5, 0.6) is 0 Å². The molecule has 0 aliphatic heterocycles. The number of phosphoric ester groups is 1. The number of rotatable bonds is 57. The first kappa shape index (κ1) is 80.6. The quantitative estimate of drug-likeness (QED) is 0.0211. The molecule has 0 aromatic carbocycles. The molecule has 0 spiro atoms. The summed E-state index contributed by atoms with van der Waals surface area (Å²) in [6, 6.07) is 0. The minimum Gasteiger partial charge on any atom is -0.462 e. The first-order valence-corrected chi connectivity index (χ1v) is 34.3. The van der Waals surface area contributed by atoms with Crippen molar-refractivity contribution in [1.82, 2.24) is 0 Å². The second-order valence-corrected chi connectivity index (χ2v) is 23.5. The van der Waals surface area contributed by atoms with Crippen LogP contribution in [-0.2, 0) is 32.7 Å². The Morgan fingerprint density at radius 2 is 0.628 bits per heavy atom. The molecule has 480 valence electrons. The number of nitrogens with zero attached hydrogens (tertiary/aromatic N) is 1.